The summed E-state index contributed by atoms with van der Waals surface area (Å²) in [7, 11) is 0. The Kier molecular flexibility index (Phi) is 3.07. The van der Waals surface area contributed by atoms with Crippen molar-refractivity contribution < 1.29 is 10.2 Å². The molecular weight excluding hydrogens is 180 g/mol. The van der Waals surface area contributed by atoms with Crippen LogP contribution in [0.3, 0.4) is 0 Å². The molecule has 0 saturated heterocycles. The third kappa shape index (κ3) is 2.02. The Balaban J connectivity index is 3.03. The summed E-state index contributed by atoms with van der Waals surface area (Å²) < 4.78 is 0. The third-order valence-corrected chi connectivity index (χ3v) is 2.04. The van der Waals surface area contributed by atoms with E-state index >= 15 is 0 Å². The molecule has 0 aromatic heterocycles. The molecule has 0 amide bonds. The topological polar surface area (TPSA) is 90.3 Å². The van der Waals surface area contributed by atoms with Crippen LogP contribution in [0.4, 0.5) is 5.69 Å². The fourth-order valence-corrected chi connectivity index (χ4v) is 1.27. The van der Waals surface area contributed by atoms with E-state index in [0.717, 1.165) is 5.56 Å². The normalized spacial score (nSPS) is 14.4. The minimum absolute atomic E-state index is 0.522. The quantitative estimate of drug-likeness (QED) is 0.470. The van der Waals surface area contributed by atoms with Crippen molar-refractivity contribution in [3.8, 4) is 6.07 Å². The Bertz CT molecular complexity index is 371. The summed E-state index contributed by atoms with van der Waals surface area (Å²) in [5.41, 5.74) is 7.39. The summed E-state index contributed by atoms with van der Waals surface area (Å²) in [5.74, 6) is 0. The number of benzene rings is 1. The van der Waals surface area contributed by atoms with Gasteiger partial charge in [0.1, 0.15) is 6.10 Å². The highest BCUT2D eigenvalue weighted by Crippen LogP contribution is 2.22. The summed E-state index contributed by atoms with van der Waals surface area (Å²) in [6.45, 7) is 1.76. The summed E-state index contributed by atoms with van der Waals surface area (Å²) in [4.78, 5) is 0. The molecule has 0 radical (unpaired) electrons. The largest absolute Gasteiger partial charge is 0.399 e. The van der Waals surface area contributed by atoms with Gasteiger partial charge in [-0.25, -0.2) is 0 Å². The Morgan fingerprint density at radius 1 is 1.43 bits per heavy atom. The zero-order chi connectivity index (χ0) is 10.7. The Morgan fingerprint density at radius 2 is 2.07 bits per heavy atom. The van der Waals surface area contributed by atoms with E-state index in [9.17, 15) is 5.11 Å². The van der Waals surface area contributed by atoms with Crippen LogP contribution in [0.15, 0.2) is 18.2 Å². The van der Waals surface area contributed by atoms with E-state index in [1.54, 1.807) is 31.2 Å². The van der Waals surface area contributed by atoms with Crippen LogP contribution in [0.25, 0.3) is 0 Å². The highest BCUT2D eigenvalue weighted by molar-refractivity contribution is 5.45. The van der Waals surface area contributed by atoms with Gasteiger partial charge in [0.05, 0.1) is 6.07 Å². The minimum Gasteiger partial charge on any atom is -0.399 e. The van der Waals surface area contributed by atoms with Crippen LogP contribution in [0.5, 0.6) is 0 Å². The Morgan fingerprint density at radius 3 is 2.57 bits per heavy atom. The SMILES string of the molecule is Cc1cc(N)ccc1C(O)C(O)C#N. The molecule has 1 aromatic carbocycles. The molecule has 4 heteroatoms. The number of aliphatic hydroxyl groups is 2. The predicted octanol–water partition coefficient (Wildman–Crippen LogP) is 0.495. The Labute approximate surface area is 82.2 Å². The molecule has 0 fully saturated rings. The van der Waals surface area contributed by atoms with Crippen LogP contribution < -0.4 is 5.73 Å². The van der Waals surface area contributed by atoms with E-state index in [2.05, 4.69) is 0 Å². The molecule has 0 heterocycles. The predicted molar refractivity (Wildman–Crippen MR) is 52.2 cm³/mol. The number of nitrogen functional groups attached to an aromatic ring is 1. The lowest BCUT2D eigenvalue weighted by Crippen LogP contribution is -2.16. The van der Waals surface area contributed by atoms with E-state index in [1.165, 1.54) is 0 Å². The number of nitrogens with zero attached hydrogens (tertiary/aromatic N) is 1. The second kappa shape index (κ2) is 4.09. The average Bonchev–Trinajstić information content (AvgIpc) is 2.15. The van der Waals surface area contributed by atoms with Crippen molar-refractivity contribution in [2.75, 3.05) is 5.73 Å². The number of hydrogen-bond acceptors (Lipinski definition) is 4. The fourth-order valence-electron chi connectivity index (χ4n) is 1.27. The van der Waals surface area contributed by atoms with Gasteiger partial charge in [-0.3, -0.25) is 0 Å². The van der Waals surface area contributed by atoms with Gasteiger partial charge in [-0.1, -0.05) is 6.07 Å². The summed E-state index contributed by atoms with van der Waals surface area (Å²) in [6, 6.07) is 6.49. The highest BCUT2D eigenvalue weighted by Gasteiger charge is 2.19. The second-order valence-corrected chi connectivity index (χ2v) is 3.13. The van der Waals surface area contributed by atoms with Crippen molar-refractivity contribution >= 4 is 5.69 Å². The van der Waals surface area contributed by atoms with Gasteiger partial charge in [0.15, 0.2) is 6.10 Å². The van der Waals surface area contributed by atoms with Gasteiger partial charge < -0.3 is 15.9 Å². The van der Waals surface area contributed by atoms with E-state index < -0.39 is 12.2 Å². The lowest BCUT2D eigenvalue weighted by molar-refractivity contribution is 0.0524. The number of anilines is 1. The van der Waals surface area contributed by atoms with Gasteiger partial charge in [-0.15, -0.1) is 0 Å². The lowest BCUT2D eigenvalue weighted by atomic mass is 9.99. The maximum atomic E-state index is 9.55. The smallest absolute Gasteiger partial charge is 0.170 e. The molecule has 1 aromatic rings. The van der Waals surface area contributed by atoms with E-state index in [0.29, 0.717) is 11.3 Å². The van der Waals surface area contributed by atoms with E-state index in [-0.39, 0.29) is 0 Å². The van der Waals surface area contributed by atoms with E-state index in [1.807, 2.05) is 0 Å². The minimum atomic E-state index is -1.41. The molecule has 14 heavy (non-hydrogen) atoms. The first-order valence-corrected chi connectivity index (χ1v) is 4.18. The number of hydrogen-bond donors (Lipinski definition) is 3. The maximum absolute atomic E-state index is 9.55. The van der Waals surface area contributed by atoms with Gasteiger partial charge in [-0.05, 0) is 30.2 Å². The maximum Gasteiger partial charge on any atom is 0.170 e. The summed E-state index contributed by atoms with van der Waals surface area (Å²) in [5, 5.41) is 27.1. The molecule has 4 nitrogen and oxygen atoms in total. The molecular formula is C10H12N2O2. The van der Waals surface area contributed by atoms with Crippen LogP contribution in [0.1, 0.15) is 17.2 Å². The number of aliphatic hydroxyl groups excluding tert-OH is 2. The van der Waals surface area contributed by atoms with Gasteiger partial charge in [0.25, 0.3) is 0 Å². The van der Waals surface area contributed by atoms with E-state index in [4.69, 9.17) is 16.1 Å². The second-order valence-electron chi connectivity index (χ2n) is 3.13. The van der Waals surface area contributed by atoms with Crippen LogP contribution in [-0.4, -0.2) is 16.3 Å². The first kappa shape index (κ1) is 10.5. The molecule has 0 aliphatic carbocycles. The number of aryl methyl sites for hydroxylation is 1. The van der Waals surface area contributed by atoms with Crippen LogP contribution in [0, 0.1) is 18.3 Å². The van der Waals surface area contributed by atoms with Crippen LogP contribution in [0.2, 0.25) is 0 Å². The zero-order valence-corrected chi connectivity index (χ0v) is 7.81. The van der Waals surface area contributed by atoms with Gasteiger partial charge >= 0.3 is 0 Å². The molecule has 0 saturated carbocycles. The van der Waals surface area contributed by atoms with Crippen molar-refractivity contribution in [1.82, 2.24) is 0 Å². The first-order chi connectivity index (χ1) is 6.56. The zero-order valence-electron chi connectivity index (χ0n) is 7.81. The van der Waals surface area contributed by atoms with Crippen molar-refractivity contribution in [3.63, 3.8) is 0 Å². The fraction of sp³-hybridized carbons (Fsp3) is 0.300. The molecule has 4 N–H and O–H groups in total. The molecule has 0 spiro atoms. The van der Waals surface area contributed by atoms with Crippen molar-refractivity contribution in [2.45, 2.75) is 19.1 Å². The monoisotopic (exact) mass is 192 g/mol. The molecule has 0 aliphatic rings. The third-order valence-electron chi connectivity index (χ3n) is 2.04. The van der Waals surface area contributed by atoms with Gasteiger partial charge in [-0.2, -0.15) is 5.26 Å². The van der Waals surface area contributed by atoms with Crippen molar-refractivity contribution in [3.05, 3.63) is 29.3 Å². The van der Waals surface area contributed by atoms with Crippen molar-refractivity contribution in [1.29, 1.82) is 5.26 Å². The van der Waals surface area contributed by atoms with Crippen molar-refractivity contribution in [2.24, 2.45) is 0 Å². The number of nitrogens with two attached hydrogens (primary N) is 1. The standard InChI is InChI=1S/C10H12N2O2/c1-6-4-7(12)2-3-8(6)10(14)9(13)5-11/h2-4,9-10,13-14H,12H2,1H3. The summed E-state index contributed by atoms with van der Waals surface area (Å²) in [6.07, 6.45) is -2.59. The number of rotatable bonds is 2. The van der Waals surface area contributed by atoms with Crippen LogP contribution >= 0.6 is 0 Å². The Hall–Kier alpha value is -1.57. The molecule has 0 bridgehead atoms. The number of nitriles is 1. The highest BCUT2D eigenvalue weighted by atomic mass is 16.3. The first-order valence-electron chi connectivity index (χ1n) is 4.18. The van der Waals surface area contributed by atoms with Gasteiger partial charge in [0, 0.05) is 5.69 Å². The van der Waals surface area contributed by atoms with Gasteiger partial charge in [0.2, 0.25) is 0 Å². The molecule has 0 aliphatic heterocycles. The summed E-state index contributed by atoms with van der Waals surface area (Å²) >= 11 is 0. The molecule has 74 valence electrons. The molecule has 2 atom stereocenters. The molecule has 2 unspecified atom stereocenters. The average molecular weight is 192 g/mol. The molecule has 1 rings (SSSR count). The lowest BCUT2D eigenvalue weighted by Gasteiger charge is -2.14. The van der Waals surface area contributed by atoms with Crippen LogP contribution in [-0.2, 0) is 0 Å².